The number of halogens is 1. The lowest BCUT2D eigenvalue weighted by Gasteiger charge is -2.23. The van der Waals surface area contributed by atoms with Crippen LogP contribution in [0.25, 0.3) is 11.2 Å². The highest BCUT2D eigenvalue weighted by Gasteiger charge is 2.19. The average Bonchev–Trinajstić information content (AvgIpc) is 3.66. The summed E-state index contributed by atoms with van der Waals surface area (Å²) in [4.78, 5) is 31.1. The van der Waals surface area contributed by atoms with Gasteiger partial charge in [0.15, 0.2) is 28.5 Å². The van der Waals surface area contributed by atoms with Gasteiger partial charge in [-0.1, -0.05) is 53.6 Å². The molecule has 0 saturated carbocycles. The topological polar surface area (TPSA) is 97.6 Å². The van der Waals surface area contributed by atoms with Crippen molar-refractivity contribution >= 4 is 40.4 Å². The number of amides is 1. The first-order valence-electron chi connectivity index (χ1n) is 14.0. The summed E-state index contributed by atoms with van der Waals surface area (Å²) in [5.41, 5.74) is 5.01. The van der Waals surface area contributed by atoms with Crippen molar-refractivity contribution in [2.24, 2.45) is 0 Å². The SMILES string of the molecule is Cc1cccc(C(=O)N(C)CCN(C)c2nc(NCc3ccc4c(c3)OCO4)c3ncn(Cc4ccccc4Cl)c3n2)c1. The minimum absolute atomic E-state index is 0.0302. The number of carbonyl (C=O) groups excluding carboxylic acids is 1. The van der Waals surface area contributed by atoms with E-state index in [1.54, 1.807) is 18.3 Å². The molecule has 6 rings (SSSR count). The summed E-state index contributed by atoms with van der Waals surface area (Å²) in [7, 11) is 3.72. The smallest absolute Gasteiger partial charge is 0.253 e. The highest BCUT2D eigenvalue weighted by molar-refractivity contribution is 6.31. The van der Waals surface area contributed by atoms with Crippen LogP contribution >= 0.6 is 11.6 Å². The molecule has 2 aromatic heterocycles. The zero-order chi connectivity index (χ0) is 29.9. The van der Waals surface area contributed by atoms with Crippen molar-refractivity contribution in [3.63, 3.8) is 0 Å². The Morgan fingerprint density at radius 2 is 1.84 bits per heavy atom. The molecule has 1 aliphatic rings. The Morgan fingerprint density at radius 1 is 1.00 bits per heavy atom. The quantitative estimate of drug-likeness (QED) is 0.229. The van der Waals surface area contributed by atoms with Crippen LogP contribution in [0.15, 0.2) is 73.1 Å². The second kappa shape index (κ2) is 12.2. The van der Waals surface area contributed by atoms with E-state index < -0.39 is 0 Å². The van der Waals surface area contributed by atoms with E-state index in [2.05, 4.69) is 10.3 Å². The van der Waals surface area contributed by atoms with Gasteiger partial charge in [0, 0.05) is 44.3 Å². The molecule has 1 amide bonds. The molecule has 0 bridgehead atoms. The first kappa shape index (κ1) is 28.3. The fourth-order valence-corrected chi connectivity index (χ4v) is 5.08. The third-order valence-electron chi connectivity index (χ3n) is 7.37. The van der Waals surface area contributed by atoms with Gasteiger partial charge in [-0.15, -0.1) is 0 Å². The molecule has 0 spiro atoms. The molecular weight excluding hydrogens is 566 g/mol. The van der Waals surface area contributed by atoms with Crippen LogP contribution in [0.2, 0.25) is 5.02 Å². The van der Waals surface area contributed by atoms with E-state index in [1.165, 1.54) is 0 Å². The molecule has 43 heavy (non-hydrogen) atoms. The lowest BCUT2D eigenvalue weighted by Crippen LogP contribution is -2.35. The summed E-state index contributed by atoms with van der Waals surface area (Å²) in [5, 5.41) is 4.13. The molecule has 0 atom stereocenters. The number of nitrogens with one attached hydrogen (secondary N) is 1. The van der Waals surface area contributed by atoms with E-state index >= 15 is 0 Å². The van der Waals surface area contributed by atoms with Crippen LogP contribution in [-0.2, 0) is 13.1 Å². The molecule has 0 radical (unpaired) electrons. The van der Waals surface area contributed by atoms with Crippen LogP contribution in [0, 0.1) is 6.92 Å². The van der Waals surface area contributed by atoms with Gasteiger partial charge in [0.25, 0.3) is 5.91 Å². The number of rotatable bonds is 10. The maximum Gasteiger partial charge on any atom is 0.253 e. The number of ether oxygens (including phenoxy) is 2. The van der Waals surface area contributed by atoms with Crippen LogP contribution < -0.4 is 19.7 Å². The number of nitrogens with zero attached hydrogens (tertiary/aromatic N) is 6. The van der Waals surface area contributed by atoms with E-state index in [-0.39, 0.29) is 12.7 Å². The molecule has 0 fully saturated rings. The number of likely N-dealkylation sites (N-methyl/N-ethyl adjacent to an activating group) is 2. The lowest BCUT2D eigenvalue weighted by molar-refractivity contribution is 0.0798. The van der Waals surface area contributed by atoms with Crippen LogP contribution in [-0.4, -0.2) is 64.3 Å². The normalized spacial score (nSPS) is 12.0. The highest BCUT2D eigenvalue weighted by Crippen LogP contribution is 2.33. The number of imidazole rings is 1. The van der Waals surface area contributed by atoms with Crippen molar-refractivity contribution in [3.8, 4) is 11.5 Å². The van der Waals surface area contributed by atoms with Crippen LogP contribution in [0.4, 0.5) is 11.8 Å². The maximum atomic E-state index is 13.0. The van der Waals surface area contributed by atoms with E-state index in [0.29, 0.717) is 59.7 Å². The molecule has 10 nitrogen and oxygen atoms in total. The van der Waals surface area contributed by atoms with Crippen molar-refractivity contribution in [1.29, 1.82) is 0 Å². The summed E-state index contributed by atoms with van der Waals surface area (Å²) in [6, 6.07) is 21.2. The van der Waals surface area contributed by atoms with E-state index in [0.717, 1.165) is 28.2 Å². The molecule has 220 valence electrons. The fourth-order valence-electron chi connectivity index (χ4n) is 4.89. The standard InChI is InChI=1S/C32H32ClN7O3/c1-21-7-6-9-23(15-21)31(41)38(2)13-14-39(3)32-36-29(34-17-22-11-12-26-27(16-22)43-20-42-26)28-30(37-32)40(19-35-28)18-24-8-4-5-10-25(24)33/h4-12,15-16,19H,13-14,17-18,20H2,1-3H3,(H,34,36,37). The summed E-state index contributed by atoms with van der Waals surface area (Å²) in [5.74, 6) is 2.55. The van der Waals surface area contributed by atoms with Gasteiger partial charge in [-0.2, -0.15) is 9.97 Å². The second-order valence-corrected chi connectivity index (χ2v) is 11.0. The minimum atomic E-state index is -0.0302. The first-order valence-corrected chi connectivity index (χ1v) is 14.4. The first-order chi connectivity index (χ1) is 20.9. The Hall–Kier alpha value is -4.83. The van der Waals surface area contributed by atoms with Crippen molar-refractivity contribution in [2.75, 3.05) is 44.2 Å². The predicted octanol–water partition coefficient (Wildman–Crippen LogP) is 5.39. The molecule has 5 aromatic rings. The number of hydrogen-bond acceptors (Lipinski definition) is 8. The van der Waals surface area contributed by atoms with Gasteiger partial charge in [-0.25, -0.2) is 4.98 Å². The Bertz CT molecular complexity index is 1790. The third-order valence-corrected chi connectivity index (χ3v) is 7.74. The number of aryl methyl sites for hydroxylation is 1. The molecule has 0 saturated heterocycles. The van der Waals surface area contributed by atoms with Gasteiger partial charge in [0.1, 0.15) is 0 Å². The molecule has 0 unspecified atom stereocenters. The predicted molar refractivity (Wildman–Crippen MR) is 167 cm³/mol. The third kappa shape index (κ3) is 6.19. The van der Waals surface area contributed by atoms with Gasteiger partial charge >= 0.3 is 0 Å². The largest absolute Gasteiger partial charge is 0.454 e. The summed E-state index contributed by atoms with van der Waals surface area (Å²) < 4.78 is 13.0. The molecule has 11 heteroatoms. The van der Waals surface area contributed by atoms with Gasteiger partial charge in [0.05, 0.1) is 12.9 Å². The minimum Gasteiger partial charge on any atom is -0.454 e. The Morgan fingerprint density at radius 3 is 2.67 bits per heavy atom. The molecule has 0 aliphatic carbocycles. The second-order valence-electron chi connectivity index (χ2n) is 10.6. The van der Waals surface area contributed by atoms with Gasteiger partial charge in [0.2, 0.25) is 12.7 Å². The van der Waals surface area contributed by atoms with Crippen LogP contribution in [0.5, 0.6) is 11.5 Å². The summed E-state index contributed by atoms with van der Waals surface area (Å²) >= 11 is 6.47. The molecule has 1 aliphatic heterocycles. The lowest BCUT2D eigenvalue weighted by atomic mass is 10.1. The number of carbonyl (C=O) groups is 1. The zero-order valence-electron chi connectivity index (χ0n) is 24.2. The van der Waals surface area contributed by atoms with Crippen LogP contribution in [0.3, 0.4) is 0 Å². The van der Waals surface area contributed by atoms with Gasteiger partial charge in [-0.3, -0.25) is 4.79 Å². The van der Waals surface area contributed by atoms with Gasteiger partial charge in [-0.05, 0) is 48.4 Å². The number of aromatic nitrogens is 4. The van der Waals surface area contributed by atoms with Crippen molar-refractivity contribution < 1.29 is 14.3 Å². The molecule has 3 heterocycles. The molecule has 3 aromatic carbocycles. The van der Waals surface area contributed by atoms with E-state index in [9.17, 15) is 4.79 Å². The van der Waals surface area contributed by atoms with Crippen molar-refractivity contribution in [1.82, 2.24) is 24.4 Å². The number of fused-ring (bicyclic) bond motifs is 2. The molecular formula is C32H32ClN7O3. The Labute approximate surface area is 254 Å². The summed E-state index contributed by atoms with van der Waals surface area (Å²) in [6.45, 7) is 4.22. The Balaban J connectivity index is 1.26. The average molecular weight is 598 g/mol. The van der Waals surface area contributed by atoms with Crippen LogP contribution in [0.1, 0.15) is 27.0 Å². The fraction of sp³-hybridized carbons (Fsp3) is 0.250. The van der Waals surface area contributed by atoms with Crippen molar-refractivity contribution in [2.45, 2.75) is 20.0 Å². The number of anilines is 2. The zero-order valence-corrected chi connectivity index (χ0v) is 25.0. The Kier molecular flexibility index (Phi) is 8.02. The van der Waals surface area contributed by atoms with Gasteiger partial charge < -0.3 is 29.2 Å². The highest BCUT2D eigenvalue weighted by atomic mass is 35.5. The van der Waals surface area contributed by atoms with Crippen molar-refractivity contribution in [3.05, 3.63) is 100 Å². The number of benzene rings is 3. The number of hydrogen-bond donors (Lipinski definition) is 1. The maximum absolute atomic E-state index is 13.0. The monoisotopic (exact) mass is 597 g/mol. The molecule has 1 N–H and O–H groups in total. The van der Waals surface area contributed by atoms with E-state index in [4.69, 9.17) is 31.0 Å². The van der Waals surface area contributed by atoms with E-state index in [1.807, 2.05) is 90.2 Å². The summed E-state index contributed by atoms with van der Waals surface area (Å²) in [6.07, 6.45) is 1.76.